The van der Waals surface area contributed by atoms with Crippen LogP contribution >= 0.6 is 0 Å². The molecule has 4 N–H and O–H groups in total. The largest absolute Gasteiger partial charge is 0.346 e. The summed E-state index contributed by atoms with van der Waals surface area (Å²) in [6, 6.07) is 15.2. The van der Waals surface area contributed by atoms with Gasteiger partial charge in [0.05, 0.1) is 18.6 Å². The molecule has 2 aromatic carbocycles. The molecule has 0 unspecified atom stereocenters. The van der Waals surface area contributed by atoms with Crippen molar-refractivity contribution in [1.82, 2.24) is 10.6 Å². The van der Waals surface area contributed by atoms with Crippen molar-refractivity contribution in [2.24, 2.45) is 11.7 Å². The lowest BCUT2D eigenvalue weighted by Gasteiger charge is -2.21. The standard InChI is InChI=1S/C22H29N3O2/c1-14(2)20(23)22(27)24-13-19(26)25-21(17-9-5-7-15(3)11-17)18-10-6-8-16(4)12-18/h5-12,14,20-21H,13,23H2,1-4H3,(H,24,27)(H,25,26)/t20-/m0/s1. The van der Waals surface area contributed by atoms with Crippen LogP contribution in [0.3, 0.4) is 0 Å². The van der Waals surface area contributed by atoms with Crippen LogP contribution in [0.2, 0.25) is 0 Å². The van der Waals surface area contributed by atoms with Gasteiger partial charge in [0, 0.05) is 0 Å². The molecular formula is C22H29N3O2. The molecule has 2 aromatic rings. The normalized spacial score (nSPS) is 12.1. The second-order valence-electron chi connectivity index (χ2n) is 7.32. The van der Waals surface area contributed by atoms with Crippen LogP contribution in [0.1, 0.15) is 42.1 Å². The summed E-state index contributed by atoms with van der Waals surface area (Å²) in [6.45, 7) is 7.68. The lowest BCUT2D eigenvalue weighted by molar-refractivity contribution is -0.127. The molecule has 2 rings (SSSR count). The zero-order valence-electron chi connectivity index (χ0n) is 16.5. The first-order valence-corrected chi connectivity index (χ1v) is 9.23. The number of carbonyl (C=O) groups is 2. The number of carbonyl (C=O) groups excluding carboxylic acids is 2. The summed E-state index contributed by atoms with van der Waals surface area (Å²) in [4.78, 5) is 24.5. The Kier molecular flexibility index (Phi) is 7.13. The van der Waals surface area contributed by atoms with Crippen molar-refractivity contribution in [2.75, 3.05) is 6.54 Å². The van der Waals surface area contributed by atoms with E-state index in [0.717, 1.165) is 22.3 Å². The molecule has 0 bridgehead atoms. The smallest absolute Gasteiger partial charge is 0.240 e. The van der Waals surface area contributed by atoms with Gasteiger partial charge in [0.15, 0.2) is 0 Å². The lowest BCUT2D eigenvalue weighted by atomic mass is 9.96. The Bertz CT molecular complexity index is 756. The van der Waals surface area contributed by atoms with Crippen LogP contribution in [-0.4, -0.2) is 24.4 Å². The molecule has 5 nitrogen and oxygen atoms in total. The van der Waals surface area contributed by atoms with Crippen LogP contribution in [0, 0.1) is 19.8 Å². The Balaban J connectivity index is 2.15. The Hall–Kier alpha value is -2.66. The van der Waals surface area contributed by atoms with Gasteiger partial charge in [-0.15, -0.1) is 0 Å². The number of amides is 2. The maximum absolute atomic E-state index is 12.5. The Morgan fingerprint density at radius 2 is 1.48 bits per heavy atom. The molecule has 144 valence electrons. The van der Waals surface area contributed by atoms with Crippen molar-refractivity contribution in [3.63, 3.8) is 0 Å². The molecule has 0 aliphatic rings. The van der Waals surface area contributed by atoms with Gasteiger partial charge in [-0.2, -0.15) is 0 Å². The minimum Gasteiger partial charge on any atom is -0.346 e. The summed E-state index contributed by atoms with van der Waals surface area (Å²) in [5, 5.41) is 5.65. The van der Waals surface area contributed by atoms with E-state index < -0.39 is 6.04 Å². The Morgan fingerprint density at radius 1 is 0.963 bits per heavy atom. The third kappa shape index (κ3) is 5.93. The van der Waals surface area contributed by atoms with E-state index in [0.29, 0.717) is 0 Å². The van der Waals surface area contributed by atoms with Gasteiger partial charge in [-0.05, 0) is 30.9 Å². The van der Waals surface area contributed by atoms with Crippen LogP contribution in [0.25, 0.3) is 0 Å². The molecule has 0 saturated heterocycles. The predicted octanol–water partition coefficient (Wildman–Crippen LogP) is 2.61. The highest BCUT2D eigenvalue weighted by molar-refractivity contribution is 5.87. The molecule has 0 spiro atoms. The summed E-state index contributed by atoms with van der Waals surface area (Å²) in [7, 11) is 0. The third-order valence-corrected chi connectivity index (χ3v) is 4.50. The number of hydrogen-bond acceptors (Lipinski definition) is 3. The molecular weight excluding hydrogens is 338 g/mol. The fraction of sp³-hybridized carbons (Fsp3) is 0.364. The van der Waals surface area contributed by atoms with E-state index in [2.05, 4.69) is 22.8 Å². The number of rotatable bonds is 7. The fourth-order valence-electron chi connectivity index (χ4n) is 2.86. The van der Waals surface area contributed by atoms with Crippen molar-refractivity contribution >= 4 is 11.8 Å². The highest BCUT2D eigenvalue weighted by Gasteiger charge is 2.20. The number of hydrogen-bond donors (Lipinski definition) is 3. The van der Waals surface area contributed by atoms with E-state index in [1.54, 1.807) is 0 Å². The summed E-state index contributed by atoms with van der Waals surface area (Å²) >= 11 is 0. The van der Waals surface area contributed by atoms with Crippen LogP contribution in [0.5, 0.6) is 0 Å². The van der Waals surface area contributed by atoms with Crippen molar-refractivity contribution in [2.45, 2.75) is 39.8 Å². The number of nitrogens with one attached hydrogen (secondary N) is 2. The number of nitrogens with two attached hydrogens (primary N) is 1. The molecule has 0 aliphatic heterocycles. The fourth-order valence-corrected chi connectivity index (χ4v) is 2.86. The van der Waals surface area contributed by atoms with E-state index in [-0.39, 0.29) is 30.3 Å². The maximum Gasteiger partial charge on any atom is 0.240 e. The van der Waals surface area contributed by atoms with E-state index in [1.807, 2.05) is 64.1 Å². The topological polar surface area (TPSA) is 84.2 Å². The van der Waals surface area contributed by atoms with Gasteiger partial charge < -0.3 is 16.4 Å². The highest BCUT2D eigenvalue weighted by Crippen LogP contribution is 2.23. The molecule has 0 fully saturated rings. The van der Waals surface area contributed by atoms with Gasteiger partial charge in [-0.1, -0.05) is 73.5 Å². The van der Waals surface area contributed by atoms with Crippen molar-refractivity contribution in [3.05, 3.63) is 70.8 Å². The Morgan fingerprint density at radius 3 is 1.93 bits per heavy atom. The molecule has 0 aromatic heterocycles. The SMILES string of the molecule is Cc1cccc(C(NC(=O)CNC(=O)[C@@H](N)C(C)C)c2cccc(C)c2)c1. The summed E-state index contributed by atoms with van der Waals surface area (Å²) in [5.74, 6) is -0.560. The molecule has 27 heavy (non-hydrogen) atoms. The summed E-state index contributed by atoms with van der Waals surface area (Å²) in [5.41, 5.74) is 10.1. The minimum absolute atomic E-state index is 0.0143. The molecule has 0 heterocycles. The van der Waals surface area contributed by atoms with E-state index in [4.69, 9.17) is 5.73 Å². The van der Waals surface area contributed by atoms with E-state index in [1.165, 1.54) is 0 Å². The van der Waals surface area contributed by atoms with Gasteiger partial charge >= 0.3 is 0 Å². The molecule has 2 amide bonds. The first-order valence-electron chi connectivity index (χ1n) is 9.23. The van der Waals surface area contributed by atoms with Crippen LogP contribution in [0.15, 0.2) is 48.5 Å². The molecule has 1 atom stereocenters. The Labute approximate surface area is 161 Å². The monoisotopic (exact) mass is 367 g/mol. The summed E-state index contributed by atoms with van der Waals surface area (Å²) in [6.07, 6.45) is 0. The van der Waals surface area contributed by atoms with Crippen molar-refractivity contribution in [1.29, 1.82) is 0 Å². The van der Waals surface area contributed by atoms with E-state index in [9.17, 15) is 9.59 Å². The first-order chi connectivity index (χ1) is 12.8. The van der Waals surface area contributed by atoms with Gasteiger partial charge in [0.2, 0.25) is 11.8 Å². The van der Waals surface area contributed by atoms with Crippen molar-refractivity contribution < 1.29 is 9.59 Å². The summed E-state index contributed by atoms with van der Waals surface area (Å²) < 4.78 is 0. The van der Waals surface area contributed by atoms with Gasteiger partial charge in [-0.25, -0.2) is 0 Å². The quantitative estimate of drug-likeness (QED) is 0.703. The highest BCUT2D eigenvalue weighted by atomic mass is 16.2. The zero-order chi connectivity index (χ0) is 20.0. The number of aryl methyl sites for hydroxylation is 2. The van der Waals surface area contributed by atoms with E-state index >= 15 is 0 Å². The van der Waals surface area contributed by atoms with Crippen LogP contribution < -0.4 is 16.4 Å². The van der Waals surface area contributed by atoms with Crippen LogP contribution in [-0.2, 0) is 9.59 Å². The maximum atomic E-state index is 12.5. The van der Waals surface area contributed by atoms with Crippen molar-refractivity contribution in [3.8, 4) is 0 Å². The molecule has 0 radical (unpaired) electrons. The van der Waals surface area contributed by atoms with Gasteiger partial charge in [0.1, 0.15) is 0 Å². The van der Waals surface area contributed by atoms with Gasteiger partial charge in [-0.3, -0.25) is 9.59 Å². The molecule has 0 aliphatic carbocycles. The molecule has 0 saturated carbocycles. The second kappa shape index (κ2) is 9.33. The van der Waals surface area contributed by atoms with Crippen LogP contribution in [0.4, 0.5) is 0 Å². The predicted molar refractivity (Wildman–Crippen MR) is 108 cm³/mol. The zero-order valence-corrected chi connectivity index (χ0v) is 16.5. The lowest BCUT2D eigenvalue weighted by Crippen LogP contribution is -2.47. The average Bonchev–Trinajstić information content (AvgIpc) is 2.63. The molecule has 5 heteroatoms. The van der Waals surface area contributed by atoms with Gasteiger partial charge in [0.25, 0.3) is 0 Å². The number of benzene rings is 2. The minimum atomic E-state index is -0.623. The second-order valence-corrected chi connectivity index (χ2v) is 7.32. The third-order valence-electron chi connectivity index (χ3n) is 4.50. The average molecular weight is 367 g/mol. The first kappa shape index (κ1) is 20.6.